The van der Waals surface area contributed by atoms with Crippen molar-refractivity contribution in [1.29, 1.82) is 0 Å². The van der Waals surface area contributed by atoms with Gasteiger partial charge in [0.2, 0.25) is 0 Å². The second kappa shape index (κ2) is 7.51. The first kappa shape index (κ1) is 16.6. The molecule has 2 rings (SSSR count). The minimum absolute atomic E-state index is 0.218. The molecule has 0 bridgehead atoms. The number of methoxy groups -OCH3 is 1. The molecule has 0 amide bonds. The third-order valence-corrected chi connectivity index (χ3v) is 3.43. The number of rotatable bonds is 5. The summed E-state index contributed by atoms with van der Waals surface area (Å²) in [7, 11) is 1.30. The van der Waals surface area contributed by atoms with Crippen molar-refractivity contribution in [2.24, 2.45) is 0 Å². The molecule has 2 aromatic rings. The largest absolute Gasteiger partial charge is 0.465 e. The van der Waals surface area contributed by atoms with E-state index in [2.05, 4.69) is 6.58 Å². The van der Waals surface area contributed by atoms with Crippen molar-refractivity contribution < 1.29 is 19.0 Å². The molecule has 1 N–H and O–H groups in total. The average molecular weight is 312 g/mol. The van der Waals surface area contributed by atoms with E-state index in [1.165, 1.54) is 19.2 Å². The molecular formula is C19H17FO3. The molecule has 0 heterocycles. The monoisotopic (exact) mass is 312 g/mol. The number of aliphatic hydroxyl groups excluding tert-OH is 1. The standard InChI is InChI=1S/C19H17FO3/c1-13(19(22)23-2)18-6-4-3-5-15(18)11-16(12-21)14-7-9-17(20)10-8-14/h3-11,21H,1,12H2,2H3/b16-11-. The zero-order valence-corrected chi connectivity index (χ0v) is 12.8. The van der Waals surface area contributed by atoms with Gasteiger partial charge in [-0.2, -0.15) is 0 Å². The van der Waals surface area contributed by atoms with E-state index in [1.54, 1.807) is 30.3 Å². The summed E-state index contributed by atoms with van der Waals surface area (Å²) < 4.78 is 17.7. The zero-order chi connectivity index (χ0) is 16.8. The minimum atomic E-state index is -0.516. The van der Waals surface area contributed by atoms with Crippen LogP contribution < -0.4 is 0 Å². The lowest BCUT2D eigenvalue weighted by molar-refractivity contribution is -0.133. The van der Waals surface area contributed by atoms with Gasteiger partial charge in [0.15, 0.2) is 0 Å². The lowest BCUT2D eigenvalue weighted by Gasteiger charge is -2.10. The highest BCUT2D eigenvalue weighted by Gasteiger charge is 2.13. The number of esters is 1. The van der Waals surface area contributed by atoms with E-state index in [0.717, 1.165) is 5.56 Å². The minimum Gasteiger partial charge on any atom is -0.465 e. The van der Waals surface area contributed by atoms with Crippen molar-refractivity contribution in [2.75, 3.05) is 13.7 Å². The summed E-state index contributed by atoms with van der Waals surface area (Å²) in [5.41, 5.74) is 2.88. The van der Waals surface area contributed by atoms with Gasteiger partial charge in [-0.05, 0) is 40.5 Å². The van der Waals surface area contributed by atoms with Crippen LogP contribution in [0.3, 0.4) is 0 Å². The summed E-state index contributed by atoms with van der Waals surface area (Å²) in [5.74, 6) is -0.858. The molecule has 2 aromatic carbocycles. The average Bonchev–Trinajstić information content (AvgIpc) is 2.59. The highest BCUT2D eigenvalue weighted by molar-refractivity contribution is 6.16. The molecule has 0 atom stereocenters. The Balaban J connectivity index is 2.46. The summed E-state index contributed by atoms with van der Waals surface area (Å²) in [6.45, 7) is 3.54. The number of hydrogen-bond acceptors (Lipinski definition) is 3. The molecule has 0 saturated heterocycles. The Hall–Kier alpha value is -2.72. The number of carbonyl (C=O) groups excluding carboxylic acids is 1. The van der Waals surface area contributed by atoms with Crippen LogP contribution in [0.25, 0.3) is 17.2 Å². The lowest BCUT2D eigenvalue weighted by atomic mass is 9.97. The summed E-state index contributed by atoms with van der Waals surface area (Å²) >= 11 is 0. The van der Waals surface area contributed by atoms with E-state index in [-0.39, 0.29) is 18.0 Å². The highest BCUT2D eigenvalue weighted by Crippen LogP contribution is 2.24. The predicted molar refractivity (Wildman–Crippen MR) is 88.8 cm³/mol. The van der Waals surface area contributed by atoms with Crippen LogP contribution in [0, 0.1) is 5.82 Å². The molecule has 0 fully saturated rings. The summed E-state index contributed by atoms with van der Waals surface area (Å²) in [6.07, 6.45) is 1.75. The van der Waals surface area contributed by atoms with Crippen LogP contribution in [0.1, 0.15) is 16.7 Å². The third kappa shape index (κ3) is 3.93. The third-order valence-electron chi connectivity index (χ3n) is 3.43. The number of ether oxygens (including phenoxy) is 1. The maximum atomic E-state index is 13.0. The van der Waals surface area contributed by atoms with E-state index >= 15 is 0 Å². The first-order valence-corrected chi connectivity index (χ1v) is 7.00. The number of benzene rings is 2. The molecule has 0 unspecified atom stereocenters. The number of aliphatic hydroxyl groups is 1. The Kier molecular flexibility index (Phi) is 5.44. The fraction of sp³-hybridized carbons (Fsp3) is 0.105. The Labute approximate surface area is 134 Å². The fourth-order valence-corrected chi connectivity index (χ4v) is 2.20. The Morgan fingerprint density at radius 2 is 1.87 bits per heavy atom. The Bertz CT molecular complexity index is 745. The topological polar surface area (TPSA) is 46.5 Å². The number of carbonyl (C=O) groups is 1. The van der Waals surface area contributed by atoms with Gasteiger partial charge >= 0.3 is 5.97 Å². The van der Waals surface area contributed by atoms with Crippen LogP contribution in [-0.4, -0.2) is 24.8 Å². The second-order valence-electron chi connectivity index (χ2n) is 4.89. The molecule has 0 aliphatic carbocycles. The molecule has 0 radical (unpaired) electrons. The van der Waals surface area contributed by atoms with Crippen molar-refractivity contribution in [3.63, 3.8) is 0 Å². The van der Waals surface area contributed by atoms with Crippen molar-refractivity contribution in [3.05, 3.63) is 77.6 Å². The van der Waals surface area contributed by atoms with Crippen LogP contribution >= 0.6 is 0 Å². The molecule has 23 heavy (non-hydrogen) atoms. The summed E-state index contributed by atoms with van der Waals surface area (Å²) in [6, 6.07) is 13.0. The van der Waals surface area contributed by atoms with Gasteiger partial charge in [0.05, 0.1) is 19.3 Å². The van der Waals surface area contributed by atoms with Crippen molar-refractivity contribution in [2.45, 2.75) is 0 Å². The second-order valence-corrected chi connectivity index (χ2v) is 4.89. The van der Waals surface area contributed by atoms with Gasteiger partial charge in [-0.25, -0.2) is 9.18 Å². The van der Waals surface area contributed by atoms with E-state index in [4.69, 9.17) is 4.74 Å². The van der Waals surface area contributed by atoms with Gasteiger partial charge in [-0.1, -0.05) is 43.0 Å². The molecule has 0 aromatic heterocycles. The van der Waals surface area contributed by atoms with Gasteiger partial charge in [-0.3, -0.25) is 0 Å². The zero-order valence-electron chi connectivity index (χ0n) is 12.8. The fourth-order valence-electron chi connectivity index (χ4n) is 2.20. The van der Waals surface area contributed by atoms with Gasteiger partial charge in [0, 0.05) is 0 Å². The van der Waals surface area contributed by atoms with Crippen LogP contribution in [0.15, 0.2) is 55.1 Å². The van der Waals surface area contributed by atoms with Crippen LogP contribution in [-0.2, 0) is 9.53 Å². The Morgan fingerprint density at radius 3 is 2.48 bits per heavy atom. The SMILES string of the molecule is C=C(C(=O)OC)c1ccccc1/C=C(/CO)c1ccc(F)cc1. The maximum absolute atomic E-state index is 13.0. The first-order valence-electron chi connectivity index (χ1n) is 7.00. The number of halogens is 1. The van der Waals surface area contributed by atoms with Crippen LogP contribution in [0.4, 0.5) is 4.39 Å². The first-order chi connectivity index (χ1) is 11.1. The lowest BCUT2D eigenvalue weighted by Crippen LogP contribution is -2.04. The van der Waals surface area contributed by atoms with Crippen molar-refractivity contribution in [1.82, 2.24) is 0 Å². The van der Waals surface area contributed by atoms with E-state index < -0.39 is 5.97 Å². The van der Waals surface area contributed by atoms with Gasteiger partial charge < -0.3 is 9.84 Å². The van der Waals surface area contributed by atoms with Crippen LogP contribution in [0.2, 0.25) is 0 Å². The Morgan fingerprint density at radius 1 is 1.22 bits per heavy atom. The van der Waals surface area contributed by atoms with Crippen LogP contribution in [0.5, 0.6) is 0 Å². The van der Waals surface area contributed by atoms with Crippen molar-refractivity contribution in [3.8, 4) is 0 Å². The molecular weight excluding hydrogens is 295 g/mol. The maximum Gasteiger partial charge on any atom is 0.337 e. The summed E-state index contributed by atoms with van der Waals surface area (Å²) in [5, 5.41) is 9.62. The van der Waals surface area contributed by atoms with E-state index in [1.807, 2.05) is 12.1 Å². The molecule has 0 saturated carbocycles. The van der Waals surface area contributed by atoms with E-state index in [0.29, 0.717) is 16.7 Å². The van der Waals surface area contributed by atoms with E-state index in [9.17, 15) is 14.3 Å². The highest BCUT2D eigenvalue weighted by atomic mass is 19.1. The molecule has 0 aliphatic heterocycles. The molecule has 0 aliphatic rings. The van der Waals surface area contributed by atoms with Gasteiger partial charge in [0.25, 0.3) is 0 Å². The molecule has 4 heteroatoms. The smallest absolute Gasteiger partial charge is 0.337 e. The number of hydrogen-bond donors (Lipinski definition) is 1. The van der Waals surface area contributed by atoms with Gasteiger partial charge in [-0.15, -0.1) is 0 Å². The predicted octanol–water partition coefficient (Wildman–Crippen LogP) is 3.54. The normalized spacial score (nSPS) is 11.2. The van der Waals surface area contributed by atoms with Crippen molar-refractivity contribution >= 4 is 23.2 Å². The molecule has 3 nitrogen and oxygen atoms in total. The molecule has 0 spiro atoms. The van der Waals surface area contributed by atoms with Gasteiger partial charge in [0.1, 0.15) is 5.82 Å². The molecule has 118 valence electrons. The quantitative estimate of drug-likeness (QED) is 0.522. The summed E-state index contributed by atoms with van der Waals surface area (Å²) in [4.78, 5) is 11.7.